The molecule has 0 amide bonds. The molecule has 0 aliphatic carbocycles. The predicted molar refractivity (Wildman–Crippen MR) is 64.8 cm³/mol. The molecule has 4 heteroatoms. The summed E-state index contributed by atoms with van der Waals surface area (Å²) >= 11 is 0. The van der Waals surface area contributed by atoms with Gasteiger partial charge in [-0.2, -0.15) is 5.10 Å². The Morgan fingerprint density at radius 2 is 1.81 bits per heavy atom. The van der Waals surface area contributed by atoms with Crippen molar-refractivity contribution in [3.63, 3.8) is 0 Å². The molecule has 1 aromatic heterocycles. The molecule has 2 rings (SSSR count). The van der Waals surface area contributed by atoms with Gasteiger partial charge in [-0.1, -0.05) is 12.1 Å². The fourth-order valence-electron chi connectivity index (χ4n) is 1.81. The van der Waals surface area contributed by atoms with Gasteiger partial charge in [0.15, 0.2) is 0 Å². The van der Waals surface area contributed by atoms with E-state index in [1.54, 1.807) is 10.7 Å². The predicted octanol–water partition coefficient (Wildman–Crippen LogP) is 2.57. The minimum atomic E-state index is 0. The van der Waals surface area contributed by atoms with Crippen molar-refractivity contribution >= 4 is 0 Å². The Labute approximate surface area is 95.1 Å². The quantitative estimate of drug-likeness (QED) is 0.774. The van der Waals surface area contributed by atoms with E-state index in [1.165, 1.54) is 0 Å². The Balaban J connectivity index is 0.00000128. The Morgan fingerprint density at radius 1 is 1.19 bits per heavy atom. The lowest BCUT2D eigenvalue weighted by Crippen LogP contribution is -1.94. The van der Waals surface area contributed by atoms with Crippen LogP contribution in [-0.4, -0.2) is 14.9 Å². The standard InChI is InChI=1S/C12H14N2O.H3N/c1-8-9(2)13-14(3)12(8)10-6-4-5-7-11(10)15;/h4-7,15H,1-3H3;1H3. The SMILES string of the molecule is Cc1nn(C)c(-c2ccccc2O)c1C.N. The van der Waals surface area contributed by atoms with Crippen LogP contribution in [-0.2, 0) is 7.05 Å². The van der Waals surface area contributed by atoms with Crippen molar-refractivity contribution in [3.05, 3.63) is 35.5 Å². The van der Waals surface area contributed by atoms with E-state index in [1.807, 2.05) is 39.1 Å². The zero-order valence-corrected chi connectivity index (χ0v) is 9.86. The van der Waals surface area contributed by atoms with Crippen LogP contribution in [0.3, 0.4) is 0 Å². The molecule has 2 aromatic rings. The van der Waals surface area contributed by atoms with Crippen LogP contribution in [0.15, 0.2) is 24.3 Å². The van der Waals surface area contributed by atoms with Crippen molar-refractivity contribution in [2.24, 2.45) is 7.05 Å². The molecule has 0 radical (unpaired) electrons. The maximum absolute atomic E-state index is 9.78. The summed E-state index contributed by atoms with van der Waals surface area (Å²) in [4.78, 5) is 0. The fraction of sp³-hybridized carbons (Fsp3) is 0.250. The third-order valence-electron chi connectivity index (χ3n) is 2.68. The van der Waals surface area contributed by atoms with Gasteiger partial charge >= 0.3 is 0 Å². The van der Waals surface area contributed by atoms with Gasteiger partial charge in [-0.25, -0.2) is 0 Å². The molecule has 0 saturated heterocycles. The van der Waals surface area contributed by atoms with Gasteiger partial charge in [0, 0.05) is 12.6 Å². The number of hydrogen-bond acceptors (Lipinski definition) is 3. The zero-order valence-electron chi connectivity index (χ0n) is 9.86. The monoisotopic (exact) mass is 219 g/mol. The van der Waals surface area contributed by atoms with E-state index in [2.05, 4.69) is 5.10 Å². The second-order valence-corrected chi connectivity index (χ2v) is 3.70. The summed E-state index contributed by atoms with van der Waals surface area (Å²) in [6.07, 6.45) is 0. The van der Waals surface area contributed by atoms with Gasteiger partial charge in [-0.3, -0.25) is 4.68 Å². The molecule has 86 valence electrons. The number of phenols is 1. The molecule has 0 unspecified atom stereocenters. The molecule has 0 atom stereocenters. The maximum Gasteiger partial charge on any atom is 0.124 e. The van der Waals surface area contributed by atoms with Crippen molar-refractivity contribution in [1.82, 2.24) is 15.9 Å². The van der Waals surface area contributed by atoms with Crippen molar-refractivity contribution in [1.29, 1.82) is 0 Å². The number of aromatic nitrogens is 2. The molecule has 1 aromatic carbocycles. The number of aryl methyl sites for hydroxylation is 2. The zero-order chi connectivity index (χ0) is 11.0. The number of para-hydroxylation sites is 1. The van der Waals surface area contributed by atoms with E-state index < -0.39 is 0 Å². The van der Waals surface area contributed by atoms with E-state index >= 15 is 0 Å². The molecule has 4 N–H and O–H groups in total. The van der Waals surface area contributed by atoms with Crippen LogP contribution in [0.5, 0.6) is 5.75 Å². The molecule has 0 fully saturated rings. The molecule has 0 saturated carbocycles. The minimum Gasteiger partial charge on any atom is -0.507 e. The highest BCUT2D eigenvalue weighted by atomic mass is 16.3. The summed E-state index contributed by atoms with van der Waals surface area (Å²) in [6.45, 7) is 3.99. The number of aromatic hydroxyl groups is 1. The van der Waals surface area contributed by atoms with Gasteiger partial charge in [-0.15, -0.1) is 0 Å². The highest BCUT2D eigenvalue weighted by Gasteiger charge is 2.13. The minimum absolute atomic E-state index is 0. The molecule has 1 heterocycles. The third-order valence-corrected chi connectivity index (χ3v) is 2.68. The van der Waals surface area contributed by atoms with E-state index in [-0.39, 0.29) is 6.15 Å². The first kappa shape index (κ1) is 12.3. The lowest BCUT2D eigenvalue weighted by Gasteiger charge is -2.05. The first-order chi connectivity index (χ1) is 7.11. The summed E-state index contributed by atoms with van der Waals surface area (Å²) in [5.41, 5.74) is 3.92. The number of phenolic OH excluding ortho intramolecular Hbond substituents is 1. The van der Waals surface area contributed by atoms with Gasteiger partial charge in [0.25, 0.3) is 0 Å². The second kappa shape index (κ2) is 4.37. The fourth-order valence-corrected chi connectivity index (χ4v) is 1.81. The molecular formula is C12H17N3O. The van der Waals surface area contributed by atoms with Gasteiger partial charge in [0.2, 0.25) is 0 Å². The lowest BCUT2D eigenvalue weighted by molar-refractivity contribution is 0.476. The first-order valence-electron chi connectivity index (χ1n) is 4.90. The topological polar surface area (TPSA) is 73.0 Å². The van der Waals surface area contributed by atoms with Crippen molar-refractivity contribution < 1.29 is 5.11 Å². The number of nitrogens with zero attached hydrogens (tertiary/aromatic N) is 2. The molecule has 16 heavy (non-hydrogen) atoms. The Morgan fingerprint density at radius 3 is 2.31 bits per heavy atom. The first-order valence-corrected chi connectivity index (χ1v) is 4.90. The van der Waals surface area contributed by atoms with E-state index in [9.17, 15) is 5.11 Å². The molecular weight excluding hydrogens is 202 g/mol. The highest BCUT2D eigenvalue weighted by Crippen LogP contribution is 2.31. The summed E-state index contributed by atoms with van der Waals surface area (Å²) < 4.78 is 1.81. The van der Waals surface area contributed by atoms with Crippen molar-refractivity contribution in [3.8, 4) is 17.0 Å². The van der Waals surface area contributed by atoms with Crippen molar-refractivity contribution in [2.45, 2.75) is 13.8 Å². The second-order valence-electron chi connectivity index (χ2n) is 3.70. The smallest absolute Gasteiger partial charge is 0.124 e. The summed E-state index contributed by atoms with van der Waals surface area (Å²) in [5, 5.41) is 14.1. The molecule has 0 aliphatic rings. The number of rotatable bonds is 1. The largest absolute Gasteiger partial charge is 0.507 e. The van der Waals surface area contributed by atoms with E-state index in [0.717, 1.165) is 22.5 Å². The van der Waals surface area contributed by atoms with Gasteiger partial charge in [0.1, 0.15) is 5.75 Å². The lowest BCUT2D eigenvalue weighted by atomic mass is 10.1. The van der Waals surface area contributed by atoms with Crippen LogP contribution in [0, 0.1) is 13.8 Å². The molecule has 0 spiro atoms. The summed E-state index contributed by atoms with van der Waals surface area (Å²) in [6, 6.07) is 7.32. The van der Waals surface area contributed by atoms with Gasteiger partial charge in [-0.05, 0) is 31.5 Å². The van der Waals surface area contributed by atoms with Crippen LogP contribution in [0.4, 0.5) is 0 Å². The van der Waals surface area contributed by atoms with E-state index in [0.29, 0.717) is 5.75 Å². The van der Waals surface area contributed by atoms with Crippen LogP contribution >= 0.6 is 0 Å². The van der Waals surface area contributed by atoms with E-state index in [4.69, 9.17) is 0 Å². The number of benzene rings is 1. The number of hydrogen-bond donors (Lipinski definition) is 2. The summed E-state index contributed by atoms with van der Waals surface area (Å²) in [7, 11) is 1.89. The van der Waals surface area contributed by atoms with Gasteiger partial charge in [0.05, 0.1) is 11.4 Å². The normalized spacial score (nSPS) is 9.94. The third kappa shape index (κ3) is 1.79. The average molecular weight is 219 g/mol. The van der Waals surface area contributed by atoms with Crippen molar-refractivity contribution in [2.75, 3.05) is 0 Å². The molecule has 4 nitrogen and oxygen atoms in total. The van der Waals surface area contributed by atoms with Crippen LogP contribution < -0.4 is 6.15 Å². The maximum atomic E-state index is 9.78. The van der Waals surface area contributed by atoms with Gasteiger partial charge < -0.3 is 11.3 Å². The highest BCUT2D eigenvalue weighted by molar-refractivity contribution is 5.70. The van der Waals surface area contributed by atoms with Crippen LogP contribution in [0.25, 0.3) is 11.3 Å². The Hall–Kier alpha value is -1.81. The molecule has 0 aliphatic heterocycles. The Kier molecular flexibility index (Phi) is 3.34. The summed E-state index contributed by atoms with van der Waals surface area (Å²) in [5.74, 6) is 0.295. The Bertz CT molecular complexity index is 503. The average Bonchev–Trinajstić information content (AvgIpc) is 2.43. The van der Waals surface area contributed by atoms with Crippen LogP contribution in [0.2, 0.25) is 0 Å². The van der Waals surface area contributed by atoms with Crippen LogP contribution in [0.1, 0.15) is 11.3 Å². The molecule has 0 bridgehead atoms.